The maximum absolute atomic E-state index is 11.1. The minimum absolute atomic E-state index is 0.0351. The fraction of sp³-hybridized carbons (Fsp3) is 0.250. The molecule has 1 atom stereocenters. The van der Waals surface area contributed by atoms with E-state index in [1.54, 1.807) is 6.08 Å². The van der Waals surface area contributed by atoms with Crippen LogP contribution in [0, 0.1) is 0 Å². The lowest BCUT2D eigenvalue weighted by molar-refractivity contribution is 0.605. The Labute approximate surface area is 92.1 Å². The van der Waals surface area contributed by atoms with E-state index in [4.69, 9.17) is 11.6 Å². The molecule has 5 nitrogen and oxygen atoms in total. The highest BCUT2D eigenvalue weighted by atomic mass is 35.5. The molecule has 7 heteroatoms. The van der Waals surface area contributed by atoms with E-state index in [0.29, 0.717) is 10.8 Å². The monoisotopic (exact) mass is 245 g/mol. The van der Waals surface area contributed by atoms with Gasteiger partial charge in [-0.3, -0.25) is 0 Å². The van der Waals surface area contributed by atoms with Crippen molar-refractivity contribution in [3.8, 4) is 0 Å². The summed E-state index contributed by atoms with van der Waals surface area (Å²) in [7, 11) is -3.06. The molecular formula is C8H8ClN3O2S. The van der Waals surface area contributed by atoms with Gasteiger partial charge < -0.3 is 5.32 Å². The zero-order valence-electron chi connectivity index (χ0n) is 7.59. The highest BCUT2D eigenvalue weighted by Crippen LogP contribution is 2.19. The number of rotatable bonds is 2. The van der Waals surface area contributed by atoms with Gasteiger partial charge >= 0.3 is 0 Å². The second-order valence-electron chi connectivity index (χ2n) is 3.13. The number of nitrogens with zero attached hydrogens (tertiary/aromatic N) is 2. The van der Waals surface area contributed by atoms with Crippen molar-refractivity contribution in [1.82, 2.24) is 9.97 Å². The van der Waals surface area contributed by atoms with Crippen LogP contribution in [0.15, 0.2) is 24.0 Å². The van der Waals surface area contributed by atoms with Crippen molar-refractivity contribution in [2.45, 2.75) is 6.04 Å². The summed E-state index contributed by atoms with van der Waals surface area (Å²) in [5.41, 5.74) is 0. The summed E-state index contributed by atoms with van der Waals surface area (Å²) in [6, 6.07) is -0.276. The van der Waals surface area contributed by atoms with Crippen molar-refractivity contribution in [3.05, 3.63) is 29.0 Å². The predicted octanol–water partition coefficient (Wildman–Crippen LogP) is 0.853. The number of nitrogens with one attached hydrogen (secondary N) is 1. The summed E-state index contributed by atoms with van der Waals surface area (Å²) in [4.78, 5) is 7.64. The van der Waals surface area contributed by atoms with Crippen molar-refractivity contribution < 1.29 is 8.42 Å². The number of hydrogen-bond acceptors (Lipinski definition) is 5. The first-order chi connectivity index (χ1) is 7.07. The minimum atomic E-state index is -3.06. The highest BCUT2D eigenvalue weighted by molar-refractivity contribution is 7.94. The summed E-state index contributed by atoms with van der Waals surface area (Å²) in [5.74, 6) is 0.478. The minimum Gasteiger partial charge on any atom is -0.361 e. The molecule has 0 radical (unpaired) electrons. The third-order valence-corrected chi connectivity index (χ3v) is 3.59. The summed E-state index contributed by atoms with van der Waals surface area (Å²) in [6.45, 7) is 0. The Morgan fingerprint density at radius 2 is 2.33 bits per heavy atom. The van der Waals surface area contributed by atoms with Crippen LogP contribution in [0.2, 0.25) is 5.02 Å². The first-order valence-corrected chi connectivity index (χ1v) is 6.29. The molecule has 0 aliphatic carbocycles. The maximum Gasteiger partial charge on any atom is 0.173 e. The molecule has 2 rings (SSSR count). The van der Waals surface area contributed by atoms with Crippen LogP contribution >= 0.6 is 11.6 Å². The zero-order chi connectivity index (χ0) is 10.9. The fourth-order valence-electron chi connectivity index (χ4n) is 1.26. The smallest absolute Gasteiger partial charge is 0.173 e. The van der Waals surface area contributed by atoms with Crippen LogP contribution in [0.5, 0.6) is 0 Å². The molecule has 1 unspecified atom stereocenters. The Kier molecular flexibility index (Phi) is 2.62. The van der Waals surface area contributed by atoms with Crippen molar-refractivity contribution in [2.75, 3.05) is 11.1 Å². The number of halogens is 1. The molecule has 0 amide bonds. The normalized spacial score (nSPS) is 22.9. The molecule has 0 saturated heterocycles. The van der Waals surface area contributed by atoms with Gasteiger partial charge in [-0.1, -0.05) is 11.6 Å². The van der Waals surface area contributed by atoms with Crippen LogP contribution in [0.3, 0.4) is 0 Å². The number of anilines is 1. The molecule has 0 aromatic carbocycles. The molecular weight excluding hydrogens is 238 g/mol. The molecule has 2 heterocycles. The van der Waals surface area contributed by atoms with Crippen LogP contribution in [0.4, 0.5) is 5.82 Å². The quantitative estimate of drug-likeness (QED) is 0.837. The third-order valence-electron chi connectivity index (χ3n) is 1.92. The van der Waals surface area contributed by atoms with E-state index < -0.39 is 9.84 Å². The van der Waals surface area contributed by atoms with E-state index in [1.807, 2.05) is 0 Å². The van der Waals surface area contributed by atoms with E-state index >= 15 is 0 Å². The lowest BCUT2D eigenvalue weighted by atomic mass is 10.3. The molecule has 1 aromatic rings. The first-order valence-electron chi connectivity index (χ1n) is 4.20. The molecule has 0 spiro atoms. The average molecular weight is 246 g/mol. The lowest BCUT2D eigenvalue weighted by Crippen LogP contribution is -2.21. The van der Waals surface area contributed by atoms with E-state index in [2.05, 4.69) is 15.3 Å². The van der Waals surface area contributed by atoms with E-state index in [9.17, 15) is 8.42 Å². The first kappa shape index (κ1) is 10.4. The second kappa shape index (κ2) is 3.79. The number of aromatic nitrogens is 2. The Balaban J connectivity index is 2.12. The lowest BCUT2D eigenvalue weighted by Gasteiger charge is -2.10. The number of hydrogen-bond donors (Lipinski definition) is 1. The Bertz CT molecular complexity index is 500. The molecule has 0 fully saturated rings. The molecule has 1 N–H and O–H groups in total. The zero-order valence-corrected chi connectivity index (χ0v) is 9.16. The molecule has 15 heavy (non-hydrogen) atoms. The number of sulfone groups is 1. The maximum atomic E-state index is 11.1. The molecule has 1 aliphatic rings. The van der Waals surface area contributed by atoms with Gasteiger partial charge in [0.15, 0.2) is 9.84 Å². The molecule has 1 aliphatic heterocycles. The van der Waals surface area contributed by atoms with Crippen molar-refractivity contribution in [2.24, 2.45) is 0 Å². The SMILES string of the molecule is O=S1(=O)C=CC(Nc2ncncc2Cl)C1. The van der Waals surface area contributed by atoms with Crippen LogP contribution in [0.25, 0.3) is 0 Å². The van der Waals surface area contributed by atoms with Gasteiger partial charge in [0.1, 0.15) is 17.2 Å². The van der Waals surface area contributed by atoms with Crippen LogP contribution < -0.4 is 5.32 Å². The Morgan fingerprint density at radius 3 is 2.93 bits per heavy atom. The van der Waals surface area contributed by atoms with Crippen molar-refractivity contribution in [3.63, 3.8) is 0 Å². The topological polar surface area (TPSA) is 72.0 Å². The summed E-state index contributed by atoms with van der Waals surface area (Å²) >= 11 is 5.81. The average Bonchev–Trinajstić information content (AvgIpc) is 2.50. The predicted molar refractivity (Wildman–Crippen MR) is 57.4 cm³/mol. The van der Waals surface area contributed by atoms with E-state index in [-0.39, 0.29) is 11.8 Å². The largest absolute Gasteiger partial charge is 0.361 e. The standard InChI is InChI=1S/C8H8ClN3O2S/c9-7-3-10-5-11-8(7)12-6-1-2-15(13,14)4-6/h1-3,5-6H,4H2,(H,10,11,12). The van der Waals surface area contributed by atoms with Gasteiger partial charge in [-0.05, 0) is 6.08 Å². The van der Waals surface area contributed by atoms with Crippen molar-refractivity contribution >= 4 is 27.3 Å². The Morgan fingerprint density at radius 1 is 1.53 bits per heavy atom. The van der Waals surface area contributed by atoms with Gasteiger partial charge in [-0.15, -0.1) is 0 Å². The van der Waals surface area contributed by atoms with Gasteiger partial charge in [0.2, 0.25) is 0 Å². The molecule has 0 bridgehead atoms. The second-order valence-corrected chi connectivity index (χ2v) is 5.47. The van der Waals surface area contributed by atoms with Gasteiger partial charge in [0.05, 0.1) is 18.0 Å². The molecule has 0 saturated carbocycles. The van der Waals surface area contributed by atoms with Gasteiger partial charge in [0.25, 0.3) is 0 Å². The Hall–Kier alpha value is -1.14. The highest BCUT2D eigenvalue weighted by Gasteiger charge is 2.22. The van der Waals surface area contributed by atoms with Crippen LogP contribution in [-0.4, -0.2) is 30.2 Å². The van der Waals surface area contributed by atoms with E-state index in [1.165, 1.54) is 17.9 Å². The summed E-state index contributed by atoms with van der Waals surface area (Å²) < 4.78 is 22.2. The van der Waals surface area contributed by atoms with Gasteiger partial charge in [0, 0.05) is 5.41 Å². The molecule has 1 aromatic heterocycles. The van der Waals surface area contributed by atoms with Gasteiger partial charge in [-0.25, -0.2) is 18.4 Å². The van der Waals surface area contributed by atoms with Crippen molar-refractivity contribution in [1.29, 1.82) is 0 Å². The van der Waals surface area contributed by atoms with E-state index in [0.717, 1.165) is 0 Å². The van der Waals surface area contributed by atoms with Crippen LogP contribution in [0.1, 0.15) is 0 Å². The third kappa shape index (κ3) is 2.45. The summed E-state index contributed by atoms with van der Waals surface area (Å²) in [5, 5.41) is 4.48. The van der Waals surface area contributed by atoms with Gasteiger partial charge in [-0.2, -0.15) is 0 Å². The molecule has 80 valence electrons. The fourth-order valence-corrected chi connectivity index (χ4v) is 2.66. The van der Waals surface area contributed by atoms with Crippen LogP contribution in [-0.2, 0) is 9.84 Å². The summed E-state index contributed by atoms with van der Waals surface area (Å²) in [6.07, 6.45) is 4.37.